The van der Waals surface area contributed by atoms with Gasteiger partial charge in [-0.25, -0.2) is 0 Å². The van der Waals surface area contributed by atoms with E-state index in [1.807, 2.05) is 38.1 Å². The molecule has 2 rings (SSSR count). The van der Waals surface area contributed by atoms with Gasteiger partial charge in [0, 0.05) is 26.2 Å². The van der Waals surface area contributed by atoms with Crippen LogP contribution in [0.15, 0.2) is 36.4 Å². The summed E-state index contributed by atoms with van der Waals surface area (Å²) in [6, 6.07) is 10.5. The third-order valence-electron chi connectivity index (χ3n) is 3.99. The van der Waals surface area contributed by atoms with E-state index in [4.69, 9.17) is 5.73 Å². The lowest BCUT2D eigenvalue weighted by molar-refractivity contribution is 0.0782. The lowest BCUT2D eigenvalue weighted by Crippen LogP contribution is -2.26. The number of hydrogen-bond acceptors (Lipinski definition) is 4. The summed E-state index contributed by atoms with van der Waals surface area (Å²) in [5.41, 5.74) is 8.44. The molecule has 0 heterocycles. The van der Waals surface area contributed by atoms with E-state index in [-0.39, 0.29) is 28.9 Å². The van der Waals surface area contributed by atoms with Gasteiger partial charge in [0.25, 0.3) is 5.91 Å². The van der Waals surface area contributed by atoms with Crippen LogP contribution in [0.2, 0.25) is 0 Å². The Bertz CT molecular complexity index is 741. The minimum atomic E-state index is -0.299. The van der Waals surface area contributed by atoms with Gasteiger partial charge in [0.1, 0.15) is 11.5 Å². The Hall–Kier alpha value is -2.53. The number of rotatable bonds is 5. The second kappa shape index (κ2) is 7.36. The molecule has 0 aliphatic rings. The van der Waals surface area contributed by atoms with Gasteiger partial charge in [-0.15, -0.1) is 0 Å². The number of carbonyl (C=O) groups is 1. The Morgan fingerprint density at radius 3 is 2.42 bits per heavy atom. The van der Waals surface area contributed by atoms with Crippen LogP contribution in [0.5, 0.6) is 11.5 Å². The van der Waals surface area contributed by atoms with Crippen molar-refractivity contribution in [3.8, 4) is 11.5 Å². The SMILES string of the molecule is CC(C)c1cc(C(=O)N(C)Cc2cccc(CN)c2)c(O)cc1O. The van der Waals surface area contributed by atoms with E-state index in [1.165, 1.54) is 11.0 Å². The minimum absolute atomic E-state index is 0.00245. The lowest BCUT2D eigenvalue weighted by Gasteiger charge is -2.20. The van der Waals surface area contributed by atoms with Crippen molar-refractivity contribution in [2.24, 2.45) is 5.73 Å². The van der Waals surface area contributed by atoms with Crippen molar-refractivity contribution in [3.63, 3.8) is 0 Å². The van der Waals surface area contributed by atoms with Crippen LogP contribution in [-0.4, -0.2) is 28.1 Å². The molecule has 0 spiro atoms. The van der Waals surface area contributed by atoms with Crippen LogP contribution in [0.1, 0.15) is 46.8 Å². The molecular formula is C19H24N2O3. The summed E-state index contributed by atoms with van der Waals surface area (Å²) in [5.74, 6) is -0.474. The van der Waals surface area contributed by atoms with Gasteiger partial charge in [0.15, 0.2) is 0 Å². The van der Waals surface area contributed by atoms with Crippen LogP contribution in [-0.2, 0) is 13.1 Å². The standard InChI is InChI=1S/C19H24N2O3/c1-12(2)15-8-16(18(23)9-17(15)22)19(24)21(3)11-14-6-4-5-13(7-14)10-20/h4-9,12,22-23H,10-11,20H2,1-3H3. The zero-order chi connectivity index (χ0) is 17.9. The van der Waals surface area contributed by atoms with Crippen molar-refractivity contribution < 1.29 is 15.0 Å². The van der Waals surface area contributed by atoms with Crippen molar-refractivity contribution >= 4 is 5.91 Å². The van der Waals surface area contributed by atoms with Crippen molar-refractivity contribution in [2.45, 2.75) is 32.9 Å². The zero-order valence-electron chi connectivity index (χ0n) is 14.3. The van der Waals surface area contributed by atoms with Crippen molar-refractivity contribution in [2.75, 3.05) is 7.05 Å². The van der Waals surface area contributed by atoms with Crippen LogP contribution >= 0.6 is 0 Å². The Morgan fingerprint density at radius 2 is 1.79 bits per heavy atom. The number of nitrogens with two attached hydrogens (primary N) is 1. The molecule has 0 saturated carbocycles. The number of carbonyl (C=O) groups excluding carboxylic acids is 1. The first-order valence-electron chi connectivity index (χ1n) is 7.92. The third kappa shape index (κ3) is 3.86. The molecule has 0 bridgehead atoms. The predicted molar refractivity (Wildman–Crippen MR) is 94.0 cm³/mol. The molecule has 0 aliphatic carbocycles. The van der Waals surface area contributed by atoms with Gasteiger partial charge in [-0.3, -0.25) is 4.79 Å². The Balaban J connectivity index is 2.25. The summed E-state index contributed by atoms with van der Waals surface area (Å²) >= 11 is 0. The third-order valence-corrected chi connectivity index (χ3v) is 3.99. The molecular weight excluding hydrogens is 304 g/mol. The first-order valence-corrected chi connectivity index (χ1v) is 7.92. The van der Waals surface area contributed by atoms with Crippen LogP contribution in [0.3, 0.4) is 0 Å². The maximum Gasteiger partial charge on any atom is 0.257 e. The molecule has 0 atom stereocenters. The first-order chi connectivity index (χ1) is 11.3. The van der Waals surface area contributed by atoms with Crippen molar-refractivity contribution in [1.29, 1.82) is 0 Å². The van der Waals surface area contributed by atoms with E-state index in [0.717, 1.165) is 11.1 Å². The summed E-state index contributed by atoms with van der Waals surface area (Å²) in [6.45, 7) is 4.69. The van der Waals surface area contributed by atoms with Gasteiger partial charge in [0.05, 0.1) is 5.56 Å². The number of phenolic OH excluding ortho intramolecular Hbond substituents is 2. The Labute approximate surface area is 142 Å². The fourth-order valence-corrected chi connectivity index (χ4v) is 2.63. The number of amides is 1. The predicted octanol–water partition coefficient (Wildman–Crippen LogP) is 2.95. The largest absolute Gasteiger partial charge is 0.508 e. The highest BCUT2D eigenvalue weighted by atomic mass is 16.3. The average molecular weight is 328 g/mol. The first kappa shape index (κ1) is 17.8. The fraction of sp³-hybridized carbons (Fsp3) is 0.316. The molecule has 128 valence electrons. The minimum Gasteiger partial charge on any atom is -0.508 e. The number of benzene rings is 2. The summed E-state index contributed by atoms with van der Waals surface area (Å²) in [7, 11) is 1.68. The lowest BCUT2D eigenvalue weighted by atomic mass is 9.98. The van der Waals surface area contributed by atoms with Crippen LogP contribution < -0.4 is 5.73 Å². The average Bonchev–Trinajstić information content (AvgIpc) is 2.54. The highest BCUT2D eigenvalue weighted by Gasteiger charge is 2.20. The highest BCUT2D eigenvalue weighted by molar-refractivity contribution is 5.97. The second-order valence-electron chi connectivity index (χ2n) is 6.27. The van der Waals surface area contributed by atoms with E-state index in [0.29, 0.717) is 18.7 Å². The topological polar surface area (TPSA) is 86.8 Å². The van der Waals surface area contributed by atoms with E-state index < -0.39 is 0 Å². The van der Waals surface area contributed by atoms with Gasteiger partial charge in [-0.2, -0.15) is 0 Å². The molecule has 0 aliphatic heterocycles. The Kier molecular flexibility index (Phi) is 5.46. The van der Waals surface area contributed by atoms with E-state index >= 15 is 0 Å². The molecule has 2 aromatic rings. The molecule has 5 nitrogen and oxygen atoms in total. The maximum absolute atomic E-state index is 12.7. The maximum atomic E-state index is 12.7. The van der Waals surface area contributed by atoms with Crippen molar-refractivity contribution in [1.82, 2.24) is 4.90 Å². The molecule has 4 N–H and O–H groups in total. The van der Waals surface area contributed by atoms with Gasteiger partial charge in [0.2, 0.25) is 0 Å². The quantitative estimate of drug-likeness (QED) is 0.787. The summed E-state index contributed by atoms with van der Waals surface area (Å²) < 4.78 is 0. The number of aromatic hydroxyl groups is 2. The van der Waals surface area contributed by atoms with Crippen LogP contribution in [0.25, 0.3) is 0 Å². The Morgan fingerprint density at radius 1 is 1.12 bits per heavy atom. The molecule has 24 heavy (non-hydrogen) atoms. The molecule has 2 aromatic carbocycles. The van der Waals surface area contributed by atoms with Crippen molar-refractivity contribution in [3.05, 3.63) is 58.7 Å². The monoisotopic (exact) mass is 328 g/mol. The molecule has 0 radical (unpaired) electrons. The van der Waals surface area contributed by atoms with Gasteiger partial charge >= 0.3 is 0 Å². The second-order valence-corrected chi connectivity index (χ2v) is 6.27. The number of hydrogen-bond donors (Lipinski definition) is 3. The van der Waals surface area contributed by atoms with E-state index in [1.54, 1.807) is 13.1 Å². The number of phenols is 2. The van der Waals surface area contributed by atoms with E-state index in [2.05, 4.69) is 0 Å². The van der Waals surface area contributed by atoms with Gasteiger partial charge in [-0.05, 0) is 28.7 Å². The molecule has 0 fully saturated rings. The number of nitrogens with zero attached hydrogens (tertiary/aromatic N) is 1. The summed E-state index contributed by atoms with van der Waals surface area (Å²) in [4.78, 5) is 14.2. The molecule has 0 aromatic heterocycles. The van der Waals surface area contributed by atoms with Crippen LogP contribution in [0, 0.1) is 0 Å². The smallest absolute Gasteiger partial charge is 0.257 e. The van der Waals surface area contributed by atoms with Gasteiger partial charge < -0.3 is 20.8 Å². The van der Waals surface area contributed by atoms with E-state index in [9.17, 15) is 15.0 Å². The molecule has 5 heteroatoms. The highest BCUT2D eigenvalue weighted by Crippen LogP contribution is 2.32. The normalized spacial score (nSPS) is 10.9. The fourth-order valence-electron chi connectivity index (χ4n) is 2.63. The molecule has 1 amide bonds. The van der Waals surface area contributed by atoms with Crippen LogP contribution in [0.4, 0.5) is 0 Å². The van der Waals surface area contributed by atoms with Gasteiger partial charge in [-0.1, -0.05) is 38.1 Å². The summed E-state index contributed by atoms with van der Waals surface area (Å²) in [5, 5.41) is 19.9. The summed E-state index contributed by atoms with van der Waals surface area (Å²) in [6.07, 6.45) is 0. The zero-order valence-corrected chi connectivity index (χ0v) is 14.3. The molecule has 0 unspecified atom stereocenters. The molecule has 0 saturated heterocycles.